The Morgan fingerprint density at radius 3 is 2.00 bits per heavy atom. The first-order chi connectivity index (χ1) is 14.8. The Balaban J connectivity index is 0.000000604. The summed E-state index contributed by atoms with van der Waals surface area (Å²) >= 11 is -4.10. The van der Waals surface area contributed by atoms with Gasteiger partial charge in [0.1, 0.15) is 5.82 Å². The van der Waals surface area contributed by atoms with Gasteiger partial charge in [0.2, 0.25) is 0 Å². The maximum Gasteiger partial charge on any atom is 0.125 e. The summed E-state index contributed by atoms with van der Waals surface area (Å²) in [7, 11) is 3.75. The number of anilines is 3. The van der Waals surface area contributed by atoms with Gasteiger partial charge in [-0.3, -0.25) is 8.42 Å². The van der Waals surface area contributed by atoms with Crippen LogP contribution in [0.25, 0.3) is 0 Å². The molecule has 2 aromatic rings. The van der Waals surface area contributed by atoms with Crippen molar-refractivity contribution in [2.24, 2.45) is 0 Å². The lowest BCUT2D eigenvalue weighted by atomic mass is 9.95. The van der Waals surface area contributed by atoms with Crippen LogP contribution in [0.4, 0.5) is 21.5 Å². The van der Waals surface area contributed by atoms with E-state index in [1.807, 2.05) is 14.1 Å². The molecule has 1 saturated carbocycles. The number of halogens is 1. The third-order valence-corrected chi connectivity index (χ3v) is 4.93. The van der Waals surface area contributed by atoms with E-state index in [1.54, 1.807) is 18.2 Å². The lowest BCUT2D eigenvalue weighted by Crippen LogP contribution is -2.22. The highest BCUT2D eigenvalue weighted by atomic mass is 32.2. The van der Waals surface area contributed by atoms with Crippen molar-refractivity contribution in [2.75, 3.05) is 31.0 Å². The van der Waals surface area contributed by atoms with Gasteiger partial charge in [-0.1, -0.05) is 30.3 Å². The quantitative estimate of drug-likeness (QED) is 0.567. The molecule has 1 fully saturated rings. The molecule has 0 radical (unpaired) electrons. The van der Waals surface area contributed by atoms with E-state index < -0.39 is 22.2 Å². The van der Waals surface area contributed by atoms with Crippen LogP contribution in [0.3, 0.4) is 0 Å². The van der Waals surface area contributed by atoms with Gasteiger partial charge >= 0.3 is 0 Å². The standard InChI is InChI=1S/C18H21FN2O2S.C2H7N.CH4O2S/c19-13-6-11-17(18(12-13)21-14-4-2-1-3-5-14)20-15-7-9-16(10-8-15)24(22)23;1-3-2;1-4(2)3/h6-12,14,20-21H,1-5H2,(H,22,23);3H,1-2H3;1H3,(H,2,3)/p-2. The molecule has 2 atom stereocenters. The minimum absolute atomic E-state index is 0.236. The third-order valence-electron chi connectivity index (χ3n) is 4.27. The Morgan fingerprint density at radius 1 is 0.935 bits per heavy atom. The molecular weight excluding hydrogens is 441 g/mol. The average Bonchev–Trinajstić information content (AvgIpc) is 2.71. The minimum atomic E-state index is -2.24. The highest BCUT2D eigenvalue weighted by Gasteiger charge is 2.15. The van der Waals surface area contributed by atoms with Crippen molar-refractivity contribution in [3.63, 3.8) is 0 Å². The first-order valence-electron chi connectivity index (χ1n) is 9.88. The number of nitrogens with one attached hydrogen (secondary N) is 3. The van der Waals surface area contributed by atoms with Crippen LogP contribution in [-0.4, -0.2) is 43.9 Å². The molecule has 0 aromatic heterocycles. The lowest BCUT2D eigenvalue weighted by Gasteiger charge is -2.25. The Labute approximate surface area is 188 Å². The molecule has 0 spiro atoms. The van der Waals surface area contributed by atoms with Crippen LogP contribution >= 0.6 is 0 Å². The highest BCUT2D eigenvalue weighted by molar-refractivity contribution is 7.79. The summed E-state index contributed by atoms with van der Waals surface area (Å²) in [5.41, 5.74) is 2.26. The van der Waals surface area contributed by atoms with Gasteiger partial charge in [-0.25, -0.2) is 4.39 Å². The van der Waals surface area contributed by atoms with Crippen LogP contribution in [0.1, 0.15) is 32.1 Å². The van der Waals surface area contributed by atoms with Crippen molar-refractivity contribution in [1.82, 2.24) is 5.32 Å². The van der Waals surface area contributed by atoms with E-state index in [9.17, 15) is 13.2 Å². The molecule has 2 aromatic carbocycles. The monoisotopic (exact) mass is 471 g/mol. The second-order valence-corrected chi connectivity index (χ2v) is 8.70. The molecule has 3 rings (SSSR count). The lowest BCUT2D eigenvalue weighted by molar-refractivity contribution is 0.462. The van der Waals surface area contributed by atoms with Crippen molar-refractivity contribution < 1.29 is 21.9 Å². The van der Waals surface area contributed by atoms with Crippen molar-refractivity contribution in [1.29, 1.82) is 0 Å². The highest BCUT2D eigenvalue weighted by Crippen LogP contribution is 2.30. The SMILES string of the molecule is CNC.CS(=O)[O-].O=S([O-])c1ccc(Nc2ccc(F)cc2NC2CCCCC2)cc1. The Bertz CT molecular complexity index is 828. The van der Waals surface area contributed by atoms with E-state index in [1.165, 1.54) is 43.5 Å². The molecule has 31 heavy (non-hydrogen) atoms. The fourth-order valence-corrected chi connectivity index (χ4v) is 3.37. The van der Waals surface area contributed by atoms with Crippen LogP contribution in [0, 0.1) is 5.82 Å². The molecule has 0 heterocycles. The predicted octanol–water partition coefficient (Wildman–Crippen LogP) is 3.88. The molecule has 1 aliphatic rings. The van der Waals surface area contributed by atoms with Gasteiger partial charge in [0, 0.05) is 16.6 Å². The maximum absolute atomic E-state index is 13.6. The topological polar surface area (TPSA) is 116 Å². The van der Waals surface area contributed by atoms with Crippen LogP contribution in [0.15, 0.2) is 47.4 Å². The molecule has 0 bridgehead atoms. The fraction of sp³-hybridized carbons (Fsp3) is 0.429. The first-order valence-corrected chi connectivity index (χ1v) is 12.4. The molecule has 10 heteroatoms. The summed E-state index contributed by atoms with van der Waals surface area (Å²) in [5.74, 6) is -0.282. The van der Waals surface area contributed by atoms with Gasteiger partial charge in [0.05, 0.1) is 11.4 Å². The number of hydrogen-bond donors (Lipinski definition) is 3. The zero-order valence-electron chi connectivity index (χ0n) is 18.0. The summed E-state index contributed by atoms with van der Waals surface area (Å²) in [5, 5.41) is 9.41. The van der Waals surface area contributed by atoms with E-state index in [0.29, 0.717) is 6.04 Å². The summed E-state index contributed by atoms with van der Waals surface area (Å²) in [6, 6.07) is 11.4. The number of rotatable bonds is 5. The van der Waals surface area contributed by atoms with Crippen LogP contribution in [0.2, 0.25) is 0 Å². The molecule has 0 aliphatic heterocycles. The van der Waals surface area contributed by atoms with E-state index >= 15 is 0 Å². The van der Waals surface area contributed by atoms with Crippen molar-refractivity contribution in [3.05, 3.63) is 48.3 Å². The Hall–Kier alpha value is -1.85. The Morgan fingerprint density at radius 2 is 1.48 bits per heavy atom. The van der Waals surface area contributed by atoms with Gasteiger partial charge < -0.3 is 25.1 Å². The van der Waals surface area contributed by atoms with Crippen LogP contribution in [-0.2, 0) is 22.2 Å². The van der Waals surface area contributed by atoms with Gasteiger partial charge in [-0.05, 0) is 86.7 Å². The largest absolute Gasteiger partial charge is 0.773 e. The van der Waals surface area contributed by atoms with Gasteiger partial charge in [-0.2, -0.15) is 0 Å². The van der Waals surface area contributed by atoms with Gasteiger partial charge in [-0.15, -0.1) is 0 Å². The molecule has 1 aliphatic carbocycles. The molecular formula is C21H30FN3O4S2-2. The maximum atomic E-state index is 13.6. The molecule has 0 saturated heterocycles. The number of benzene rings is 2. The zero-order chi connectivity index (χ0) is 23.2. The van der Waals surface area contributed by atoms with E-state index in [0.717, 1.165) is 36.2 Å². The fourth-order valence-electron chi connectivity index (χ4n) is 3.02. The molecule has 174 valence electrons. The summed E-state index contributed by atoms with van der Waals surface area (Å²) in [6.45, 7) is 0. The van der Waals surface area contributed by atoms with Gasteiger partial charge in [0.15, 0.2) is 0 Å². The first kappa shape index (κ1) is 27.2. The van der Waals surface area contributed by atoms with Crippen molar-refractivity contribution in [3.8, 4) is 0 Å². The normalized spacial score (nSPS) is 15.4. The molecule has 0 amide bonds. The third kappa shape index (κ3) is 11.4. The minimum Gasteiger partial charge on any atom is -0.773 e. The van der Waals surface area contributed by atoms with Crippen LogP contribution < -0.4 is 16.0 Å². The Kier molecular flexibility index (Phi) is 13.2. The number of hydrogen-bond acceptors (Lipinski definition) is 7. The molecule has 2 unspecified atom stereocenters. The summed E-state index contributed by atoms with van der Waals surface area (Å²) < 4.78 is 53.5. The van der Waals surface area contributed by atoms with Crippen molar-refractivity contribution in [2.45, 2.75) is 43.0 Å². The average molecular weight is 472 g/mol. The van der Waals surface area contributed by atoms with E-state index in [4.69, 9.17) is 8.76 Å². The molecule has 3 N–H and O–H groups in total. The second-order valence-electron chi connectivity index (χ2n) is 6.95. The second kappa shape index (κ2) is 15.0. The van der Waals surface area contributed by atoms with Crippen molar-refractivity contribution >= 4 is 39.2 Å². The molecule has 7 nitrogen and oxygen atoms in total. The van der Waals surface area contributed by atoms with E-state index in [2.05, 4.69) is 16.0 Å². The zero-order valence-corrected chi connectivity index (χ0v) is 19.6. The predicted molar refractivity (Wildman–Crippen MR) is 124 cm³/mol. The summed E-state index contributed by atoms with van der Waals surface area (Å²) in [4.78, 5) is 0.236. The summed E-state index contributed by atoms with van der Waals surface area (Å²) in [6.07, 6.45) is 6.94. The van der Waals surface area contributed by atoms with Crippen LogP contribution in [0.5, 0.6) is 0 Å². The smallest absolute Gasteiger partial charge is 0.125 e. The van der Waals surface area contributed by atoms with Gasteiger partial charge in [0.25, 0.3) is 0 Å². The van der Waals surface area contributed by atoms with E-state index in [-0.39, 0.29) is 10.7 Å².